The molecule has 8 aromatic rings. The van der Waals surface area contributed by atoms with Gasteiger partial charge in [0.1, 0.15) is 0 Å². The van der Waals surface area contributed by atoms with Gasteiger partial charge in [0.2, 0.25) is 0 Å². The summed E-state index contributed by atoms with van der Waals surface area (Å²) in [5.74, 6) is -1.25. The number of aliphatic hydroxyl groups excluding tert-OH is 1. The molecule has 2 unspecified atom stereocenters. The van der Waals surface area contributed by atoms with Crippen LogP contribution in [0.4, 0.5) is 0 Å². The van der Waals surface area contributed by atoms with Gasteiger partial charge in [-0.05, 0) is 103 Å². The van der Waals surface area contributed by atoms with Gasteiger partial charge < -0.3 is 19.7 Å². The Hall–Kier alpha value is -5.36. The summed E-state index contributed by atoms with van der Waals surface area (Å²) in [6.45, 7) is 3.25. The largest absolute Gasteiger partial charge is 0.393 e. The third-order valence-electron chi connectivity index (χ3n) is 10.8. The first-order chi connectivity index (χ1) is 24.8. The van der Waals surface area contributed by atoms with E-state index in [1.807, 2.05) is 117 Å². The van der Waals surface area contributed by atoms with E-state index < -0.39 is 29.2 Å². The Morgan fingerprint density at radius 1 is 0.451 bits per heavy atom. The minimum Gasteiger partial charge on any atom is -0.393 e. The van der Waals surface area contributed by atoms with Crippen LogP contribution >= 0.6 is 0 Å². The van der Waals surface area contributed by atoms with Gasteiger partial charge in [-0.3, -0.25) is 0 Å². The van der Waals surface area contributed by atoms with Crippen molar-refractivity contribution < 1.29 is 19.7 Å². The molecule has 250 valence electrons. The highest BCUT2D eigenvalue weighted by Gasteiger charge is 2.74. The summed E-state index contributed by atoms with van der Waals surface area (Å²) in [6, 6.07) is 57.0. The average Bonchev–Trinajstić information content (AvgIpc) is 3.45. The molecule has 2 N–H and O–H groups in total. The van der Waals surface area contributed by atoms with E-state index in [2.05, 4.69) is 66.7 Å². The molecule has 51 heavy (non-hydrogen) atoms. The number of hydrogen-bond acceptors (Lipinski definition) is 4. The van der Waals surface area contributed by atoms with E-state index in [-0.39, 0.29) is 0 Å². The SMILES string of the molecule is CC1(C)OC(CO)(c2ccc3ccccc3c2)C(c2ccc3ccccc3c2)(C(O)(c2ccc3ccccc3c2)c2ccc3ccccc3c2)O1. The van der Waals surface area contributed by atoms with Gasteiger partial charge in [0.25, 0.3) is 0 Å². The van der Waals surface area contributed by atoms with Crippen molar-refractivity contribution in [1.29, 1.82) is 0 Å². The number of ether oxygens (including phenoxy) is 2. The number of fused-ring (bicyclic) bond motifs is 4. The Bertz CT molecular complexity index is 2530. The molecule has 8 aromatic carbocycles. The van der Waals surface area contributed by atoms with E-state index in [0.717, 1.165) is 43.1 Å². The van der Waals surface area contributed by atoms with Gasteiger partial charge in [0.15, 0.2) is 22.6 Å². The van der Waals surface area contributed by atoms with E-state index in [9.17, 15) is 10.2 Å². The molecular formula is C47H38O4. The standard InChI is InChI=1S/C47H38O4/c1-44(2)50-45(31-48,40-23-19-32-11-3-7-15-36(32)27-40)47(51-44,43-26-22-35-14-6-10-18-39(35)30-43)46(49,41-24-20-33-12-4-8-16-37(33)28-41)42-25-21-34-13-5-9-17-38(34)29-42/h3-30,48-49H,31H2,1-2H3. The van der Waals surface area contributed by atoms with Gasteiger partial charge in [-0.15, -0.1) is 0 Å². The Balaban J connectivity index is 1.47. The molecule has 4 heteroatoms. The van der Waals surface area contributed by atoms with Crippen molar-refractivity contribution >= 4 is 43.1 Å². The Morgan fingerprint density at radius 3 is 1.27 bits per heavy atom. The summed E-state index contributed by atoms with van der Waals surface area (Å²) in [4.78, 5) is 0. The second kappa shape index (κ2) is 11.6. The monoisotopic (exact) mass is 666 g/mol. The smallest absolute Gasteiger partial charge is 0.169 e. The quantitative estimate of drug-likeness (QED) is 0.186. The van der Waals surface area contributed by atoms with Crippen LogP contribution in [0.2, 0.25) is 0 Å². The van der Waals surface area contributed by atoms with E-state index in [0.29, 0.717) is 22.3 Å². The van der Waals surface area contributed by atoms with Crippen molar-refractivity contribution in [3.63, 3.8) is 0 Å². The van der Waals surface area contributed by atoms with Crippen LogP contribution in [0.5, 0.6) is 0 Å². The molecule has 0 bridgehead atoms. The van der Waals surface area contributed by atoms with Crippen LogP contribution < -0.4 is 0 Å². The second-order valence-corrected chi connectivity index (χ2v) is 14.2. The summed E-state index contributed by atoms with van der Waals surface area (Å²) in [7, 11) is 0. The van der Waals surface area contributed by atoms with Gasteiger partial charge >= 0.3 is 0 Å². The highest BCUT2D eigenvalue weighted by molar-refractivity contribution is 5.87. The van der Waals surface area contributed by atoms with Gasteiger partial charge in [-0.1, -0.05) is 146 Å². The first-order valence-electron chi connectivity index (χ1n) is 17.5. The third-order valence-corrected chi connectivity index (χ3v) is 10.8. The Kier molecular flexibility index (Phi) is 7.18. The second-order valence-electron chi connectivity index (χ2n) is 14.2. The van der Waals surface area contributed by atoms with Gasteiger partial charge in [0.05, 0.1) is 6.61 Å². The van der Waals surface area contributed by atoms with Crippen molar-refractivity contribution in [3.8, 4) is 0 Å². The van der Waals surface area contributed by atoms with Crippen LogP contribution in [0.25, 0.3) is 43.1 Å². The van der Waals surface area contributed by atoms with E-state index in [1.54, 1.807) is 0 Å². The highest BCUT2D eigenvalue weighted by atomic mass is 16.8. The fourth-order valence-corrected chi connectivity index (χ4v) is 8.58. The first kappa shape index (κ1) is 31.6. The van der Waals surface area contributed by atoms with Crippen LogP contribution in [0.15, 0.2) is 170 Å². The first-order valence-corrected chi connectivity index (χ1v) is 17.5. The van der Waals surface area contributed by atoms with Crippen LogP contribution in [0, 0.1) is 0 Å². The summed E-state index contributed by atoms with van der Waals surface area (Å²) in [6.07, 6.45) is 0. The summed E-state index contributed by atoms with van der Waals surface area (Å²) in [5.41, 5.74) is -2.66. The molecule has 2 atom stereocenters. The van der Waals surface area contributed by atoms with E-state index in [4.69, 9.17) is 9.47 Å². The molecule has 4 nitrogen and oxygen atoms in total. The molecule has 9 rings (SSSR count). The van der Waals surface area contributed by atoms with Gasteiger partial charge in [-0.25, -0.2) is 0 Å². The zero-order valence-corrected chi connectivity index (χ0v) is 28.6. The topological polar surface area (TPSA) is 58.9 Å². The molecule has 0 saturated carbocycles. The normalized spacial score (nSPS) is 20.4. The molecule has 0 amide bonds. The lowest BCUT2D eigenvalue weighted by Gasteiger charge is -2.52. The molecule has 1 aliphatic rings. The number of hydrogen-bond donors (Lipinski definition) is 2. The van der Waals surface area contributed by atoms with Crippen molar-refractivity contribution in [2.75, 3.05) is 6.61 Å². The molecule has 1 heterocycles. The van der Waals surface area contributed by atoms with Crippen molar-refractivity contribution in [2.24, 2.45) is 0 Å². The van der Waals surface area contributed by atoms with Gasteiger partial charge in [0, 0.05) is 0 Å². The zero-order valence-electron chi connectivity index (χ0n) is 28.6. The molecule has 1 fully saturated rings. The number of rotatable bonds is 6. The number of aliphatic hydroxyl groups is 2. The van der Waals surface area contributed by atoms with E-state index in [1.165, 1.54) is 0 Å². The van der Waals surface area contributed by atoms with Crippen molar-refractivity contribution in [2.45, 2.75) is 36.4 Å². The highest BCUT2D eigenvalue weighted by Crippen LogP contribution is 2.65. The zero-order chi connectivity index (χ0) is 34.8. The molecule has 0 aromatic heterocycles. The Labute approximate surface area is 297 Å². The lowest BCUT2D eigenvalue weighted by atomic mass is 9.59. The van der Waals surface area contributed by atoms with Crippen molar-refractivity contribution in [1.82, 2.24) is 0 Å². The maximum Gasteiger partial charge on any atom is 0.169 e. The molecule has 1 saturated heterocycles. The van der Waals surface area contributed by atoms with Crippen LogP contribution in [0.1, 0.15) is 36.1 Å². The average molecular weight is 667 g/mol. The molecular weight excluding hydrogens is 629 g/mol. The molecule has 0 spiro atoms. The number of benzene rings is 8. The van der Waals surface area contributed by atoms with Crippen LogP contribution in [-0.4, -0.2) is 22.6 Å². The molecule has 1 aliphatic heterocycles. The minimum atomic E-state index is -1.92. The molecule has 0 aliphatic carbocycles. The van der Waals surface area contributed by atoms with Crippen LogP contribution in [-0.2, 0) is 26.3 Å². The Morgan fingerprint density at radius 2 is 0.824 bits per heavy atom. The lowest BCUT2D eigenvalue weighted by Crippen LogP contribution is -2.62. The molecule has 0 radical (unpaired) electrons. The van der Waals surface area contributed by atoms with Gasteiger partial charge in [-0.2, -0.15) is 0 Å². The fraction of sp³-hybridized carbons (Fsp3) is 0.149. The lowest BCUT2D eigenvalue weighted by molar-refractivity contribution is -0.217. The predicted octanol–water partition coefficient (Wildman–Crippen LogP) is 10.1. The summed E-state index contributed by atoms with van der Waals surface area (Å²) >= 11 is 0. The summed E-state index contributed by atoms with van der Waals surface area (Å²) in [5, 5.41) is 34.6. The summed E-state index contributed by atoms with van der Waals surface area (Å²) < 4.78 is 14.5. The minimum absolute atomic E-state index is 0.481. The maximum absolute atomic E-state index is 14.4. The van der Waals surface area contributed by atoms with Crippen LogP contribution in [0.3, 0.4) is 0 Å². The van der Waals surface area contributed by atoms with Crippen molar-refractivity contribution in [3.05, 3.63) is 192 Å². The fourth-order valence-electron chi connectivity index (χ4n) is 8.58. The maximum atomic E-state index is 14.4. The van der Waals surface area contributed by atoms with E-state index >= 15 is 0 Å². The third kappa shape index (κ3) is 4.68. The predicted molar refractivity (Wildman–Crippen MR) is 205 cm³/mol.